The summed E-state index contributed by atoms with van der Waals surface area (Å²) in [6.07, 6.45) is 5.40. The molecule has 378 valence electrons. The van der Waals surface area contributed by atoms with E-state index in [-0.39, 0.29) is 49.8 Å². The third kappa shape index (κ3) is 13.0. The van der Waals surface area contributed by atoms with Gasteiger partial charge in [-0.3, -0.25) is 28.7 Å². The van der Waals surface area contributed by atoms with E-state index >= 15 is 0 Å². The van der Waals surface area contributed by atoms with Gasteiger partial charge in [0.1, 0.15) is 30.1 Å². The van der Waals surface area contributed by atoms with Crippen molar-refractivity contribution in [2.24, 2.45) is 29.6 Å². The predicted molar refractivity (Wildman–Crippen MR) is 250 cm³/mol. The zero-order chi connectivity index (χ0) is 50.1. The van der Waals surface area contributed by atoms with E-state index < -0.39 is 109 Å². The Balaban J connectivity index is 1.47. The molecule has 68 heavy (non-hydrogen) atoms. The predicted octanol–water partition coefficient (Wildman–Crippen LogP) is 6.99. The molecule has 3 aliphatic heterocycles. The lowest BCUT2D eigenvalue weighted by atomic mass is 9.82. The first-order valence-corrected chi connectivity index (χ1v) is 25.3. The lowest BCUT2D eigenvalue weighted by Gasteiger charge is -2.47. The number of carbonyl (C=O) groups is 4. The molecule has 13 atom stereocenters. The van der Waals surface area contributed by atoms with Crippen LogP contribution < -0.4 is 0 Å². The van der Waals surface area contributed by atoms with E-state index in [0.29, 0.717) is 56.9 Å². The molecule has 0 aromatic heterocycles. The van der Waals surface area contributed by atoms with Gasteiger partial charge in [0.2, 0.25) is 5.79 Å². The highest BCUT2D eigenvalue weighted by molar-refractivity contribution is 7.87. The molecule has 1 aromatic carbocycles. The van der Waals surface area contributed by atoms with Gasteiger partial charge in [-0.05, 0) is 114 Å². The molecule has 1 aromatic rings. The number of Topliss-reactive ketones (excluding diaryl/α,β-unsaturated/α-hetero) is 2. The van der Waals surface area contributed by atoms with Crippen molar-refractivity contribution < 1.29 is 65.5 Å². The summed E-state index contributed by atoms with van der Waals surface area (Å²) in [5.74, 6) is -7.43. The molecule has 1 saturated carbocycles. The summed E-state index contributed by atoms with van der Waals surface area (Å²) in [5.41, 5.74) is 1.04. The van der Waals surface area contributed by atoms with Crippen molar-refractivity contribution in [1.82, 2.24) is 4.90 Å². The van der Waals surface area contributed by atoms with Gasteiger partial charge in [-0.1, -0.05) is 56.7 Å². The standard InChI is InChI=1S/C50H72N2O15S/c1-10-15-36-25-30(2)24-31(3)26-42(63-8)46-43(64-9)28-34(6)50(57,66-46)47(54)48(55)51-23-14-13-17-38(51)49(56)65-45(32(4)19-21-39(36)53)33(5)27-35-20-22-40(41(29-35)62-7)67-68(60,61)44-18-12-11-16-37(44)52(58)59/h10-12,16,18,25,27,31-32,34-36,38,40-43,45-46,57H,1,13-15,17,19-24,26,28-29H2,2-9H3. The molecule has 13 unspecified atom stereocenters. The zero-order valence-electron chi connectivity index (χ0n) is 40.8. The van der Waals surface area contributed by atoms with Gasteiger partial charge in [0.25, 0.3) is 17.4 Å². The largest absolute Gasteiger partial charge is 0.456 e. The second-order valence-electron chi connectivity index (χ2n) is 19.4. The first kappa shape index (κ1) is 54.8. The number of aliphatic hydroxyl groups is 1. The summed E-state index contributed by atoms with van der Waals surface area (Å²) >= 11 is 0. The number of ether oxygens (including phenoxy) is 5. The minimum absolute atomic E-state index is 0.00248. The molecule has 1 amide bonds. The second-order valence-corrected chi connectivity index (χ2v) is 20.9. The topological polar surface area (TPSA) is 224 Å². The third-order valence-corrected chi connectivity index (χ3v) is 15.7. The molecule has 2 bridgehead atoms. The minimum atomic E-state index is -4.55. The zero-order valence-corrected chi connectivity index (χ0v) is 41.7. The monoisotopic (exact) mass is 972 g/mol. The highest BCUT2D eigenvalue weighted by atomic mass is 32.2. The fourth-order valence-electron chi connectivity index (χ4n) is 10.6. The van der Waals surface area contributed by atoms with Crippen LogP contribution in [0.1, 0.15) is 112 Å². The van der Waals surface area contributed by atoms with Crippen molar-refractivity contribution in [3.05, 3.63) is 70.3 Å². The normalized spacial score (nSPS) is 34.5. The molecule has 17 nitrogen and oxygen atoms in total. The van der Waals surface area contributed by atoms with Crippen LogP contribution in [0.2, 0.25) is 0 Å². The Labute approximate surface area is 401 Å². The van der Waals surface area contributed by atoms with E-state index in [1.165, 1.54) is 38.4 Å². The number of nitro groups is 1. The third-order valence-electron chi connectivity index (χ3n) is 14.3. The van der Waals surface area contributed by atoms with E-state index in [9.17, 15) is 42.8 Å². The van der Waals surface area contributed by atoms with Gasteiger partial charge >= 0.3 is 16.1 Å². The number of nitrogens with zero attached hydrogens (tertiary/aromatic N) is 2. The van der Waals surface area contributed by atoms with Gasteiger partial charge < -0.3 is 33.7 Å². The summed E-state index contributed by atoms with van der Waals surface area (Å²) in [4.78, 5) is 68.7. The number of esters is 1. The number of rotatable bonds is 11. The van der Waals surface area contributed by atoms with E-state index in [2.05, 4.69) is 6.58 Å². The molecule has 2 saturated heterocycles. The van der Waals surface area contributed by atoms with Crippen LogP contribution in [0.3, 0.4) is 0 Å². The van der Waals surface area contributed by atoms with E-state index in [1.807, 2.05) is 39.8 Å². The average Bonchev–Trinajstić information content (AvgIpc) is 3.31. The first-order chi connectivity index (χ1) is 32.2. The van der Waals surface area contributed by atoms with E-state index in [0.717, 1.165) is 17.7 Å². The lowest BCUT2D eigenvalue weighted by molar-refractivity contribution is -0.387. The van der Waals surface area contributed by atoms with Gasteiger partial charge in [0, 0.05) is 52.2 Å². The number of nitro benzene ring substituents is 1. The number of hydrogen-bond acceptors (Lipinski definition) is 15. The van der Waals surface area contributed by atoms with Gasteiger partial charge in [-0.25, -0.2) is 4.79 Å². The van der Waals surface area contributed by atoms with Gasteiger partial charge in [-0.2, -0.15) is 8.42 Å². The molecule has 0 radical (unpaired) electrons. The molecule has 1 N–H and O–H groups in total. The van der Waals surface area contributed by atoms with Crippen LogP contribution >= 0.6 is 0 Å². The summed E-state index contributed by atoms with van der Waals surface area (Å²) in [5, 5.41) is 23.8. The number of benzene rings is 1. The molecular formula is C50H72N2O15S. The Kier molecular flexibility index (Phi) is 19.4. The molecule has 3 fully saturated rings. The number of allylic oxidation sites excluding steroid dienone is 4. The fourth-order valence-corrected chi connectivity index (χ4v) is 11.8. The van der Waals surface area contributed by atoms with Crippen LogP contribution in [0.4, 0.5) is 5.69 Å². The Morgan fingerprint density at radius 1 is 0.956 bits per heavy atom. The minimum Gasteiger partial charge on any atom is -0.456 e. The smallest absolute Gasteiger partial charge is 0.329 e. The van der Waals surface area contributed by atoms with Crippen LogP contribution in [0.25, 0.3) is 0 Å². The van der Waals surface area contributed by atoms with Crippen molar-refractivity contribution in [3.8, 4) is 0 Å². The number of cyclic esters (lactones) is 1. The van der Waals surface area contributed by atoms with Crippen LogP contribution in [-0.4, -0.2) is 123 Å². The average molecular weight is 973 g/mol. The molecule has 4 aliphatic rings. The Morgan fingerprint density at radius 2 is 1.63 bits per heavy atom. The highest BCUT2D eigenvalue weighted by Crippen LogP contribution is 2.40. The quantitative estimate of drug-likeness (QED) is 0.0589. The number of para-hydroxylation sites is 1. The second kappa shape index (κ2) is 24.1. The van der Waals surface area contributed by atoms with Crippen molar-refractivity contribution in [2.75, 3.05) is 27.9 Å². The number of carbonyl (C=O) groups excluding carboxylic acids is 4. The fraction of sp³-hybridized carbons (Fsp3) is 0.680. The molecular weight excluding hydrogens is 901 g/mol. The van der Waals surface area contributed by atoms with Crippen molar-refractivity contribution in [2.45, 2.75) is 165 Å². The van der Waals surface area contributed by atoms with Crippen molar-refractivity contribution in [1.29, 1.82) is 0 Å². The number of fused-ring (bicyclic) bond motifs is 3. The molecule has 1 aliphatic carbocycles. The maximum atomic E-state index is 14.5. The Morgan fingerprint density at radius 3 is 2.29 bits per heavy atom. The summed E-state index contributed by atoms with van der Waals surface area (Å²) in [6.45, 7) is 13.3. The molecule has 5 rings (SSSR count). The number of piperidine rings is 1. The number of ketones is 2. The summed E-state index contributed by atoms with van der Waals surface area (Å²) < 4.78 is 62.5. The molecule has 3 heterocycles. The van der Waals surface area contributed by atoms with Gasteiger partial charge in [0.15, 0.2) is 4.90 Å². The number of methoxy groups -OCH3 is 3. The number of hydrogen-bond donors (Lipinski definition) is 1. The molecule has 18 heteroatoms. The number of amides is 1. The maximum absolute atomic E-state index is 14.5. The van der Waals surface area contributed by atoms with Crippen LogP contribution in [0.15, 0.2) is 65.1 Å². The van der Waals surface area contributed by atoms with E-state index in [4.69, 9.17) is 27.9 Å². The first-order valence-electron chi connectivity index (χ1n) is 23.9. The van der Waals surface area contributed by atoms with Gasteiger partial charge in [-0.15, -0.1) is 6.58 Å². The summed E-state index contributed by atoms with van der Waals surface area (Å²) in [6, 6.07) is 3.81. The maximum Gasteiger partial charge on any atom is 0.329 e. The van der Waals surface area contributed by atoms with Crippen molar-refractivity contribution >= 4 is 39.2 Å². The summed E-state index contributed by atoms with van der Waals surface area (Å²) in [7, 11) is -0.0837. The van der Waals surface area contributed by atoms with Gasteiger partial charge in [0.05, 0.1) is 23.2 Å². The Hall–Kier alpha value is -4.17. The SMILES string of the molecule is C=CCC1C=C(C)CC(C)CC(OC)C2OC(O)(C(=O)C(=O)N3CCCCC3C(=O)OC(C(C)=CC3CCC(OS(=O)(=O)c4ccccc4[N+](=O)[O-])C(OC)C3)C(C)CCC1=O)C(C)CC2OC. The van der Waals surface area contributed by atoms with Crippen LogP contribution in [0.5, 0.6) is 0 Å². The van der Waals surface area contributed by atoms with Crippen LogP contribution in [-0.2, 0) is 57.2 Å². The molecule has 0 spiro atoms. The Bertz CT molecular complexity index is 2160. The lowest BCUT2D eigenvalue weighted by Crippen LogP contribution is -2.64. The highest BCUT2D eigenvalue weighted by Gasteiger charge is 2.56. The van der Waals surface area contributed by atoms with Crippen molar-refractivity contribution in [3.63, 3.8) is 0 Å². The van der Waals surface area contributed by atoms with Crippen LogP contribution in [0, 0.1) is 39.7 Å². The van der Waals surface area contributed by atoms with E-state index in [1.54, 1.807) is 13.0 Å².